The quantitative estimate of drug-likeness (QED) is 0.718. The lowest BCUT2D eigenvalue weighted by molar-refractivity contribution is 0.0696. The average Bonchev–Trinajstić information content (AvgIpc) is 2.53. The molecule has 1 aromatic carbocycles. The summed E-state index contributed by atoms with van der Waals surface area (Å²) in [7, 11) is -4.00. The Morgan fingerprint density at radius 3 is 2.64 bits per heavy atom. The van der Waals surface area contributed by atoms with E-state index < -0.39 is 16.0 Å². The zero-order chi connectivity index (χ0) is 18.2. The Kier molecular flexibility index (Phi) is 4.42. The Morgan fingerprint density at radius 2 is 1.96 bits per heavy atom. The number of nitrogens with zero attached hydrogens (tertiary/aromatic N) is 2. The Balaban J connectivity index is 2.14. The normalized spacial score (nSPS) is 11.6. The standard InChI is InChI=1S/C16H12ClN3O4S/c17-12-6-11-3-9(4-13-7-10(16(21)22)1-2-19-13)5-14(25(18,23)24)15(11)20-8-12/h1-3,5-8H,4H2,(H,21,22)(H2,18,23,24). The number of hydrogen-bond donors (Lipinski definition) is 2. The zero-order valence-electron chi connectivity index (χ0n) is 12.7. The predicted molar refractivity (Wildman–Crippen MR) is 92.1 cm³/mol. The molecule has 0 radical (unpaired) electrons. The van der Waals surface area contributed by atoms with Crippen LogP contribution in [0, 0.1) is 0 Å². The second-order valence-corrected chi connectivity index (χ2v) is 7.35. The van der Waals surface area contributed by atoms with E-state index in [4.69, 9.17) is 21.8 Å². The second-order valence-electron chi connectivity index (χ2n) is 5.38. The number of benzene rings is 1. The highest BCUT2D eigenvalue weighted by molar-refractivity contribution is 7.89. The van der Waals surface area contributed by atoms with Crippen LogP contribution in [0.4, 0.5) is 0 Å². The van der Waals surface area contributed by atoms with Gasteiger partial charge in [-0.3, -0.25) is 9.97 Å². The van der Waals surface area contributed by atoms with Crippen LogP contribution in [0.25, 0.3) is 10.9 Å². The van der Waals surface area contributed by atoms with Gasteiger partial charge in [0.15, 0.2) is 0 Å². The summed E-state index contributed by atoms with van der Waals surface area (Å²) in [6, 6.07) is 7.53. The van der Waals surface area contributed by atoms with E-state index in [1.807, 2.05) is 0 Å². The van der Waals surface area contributed by atoms with Crippen LogP contribution in [0.2, 0.25) is 5.02 Å². The lowest BCUT2D eigenvalue weighted by atomic mass is 10.1. The molecule has 0 unspecified atom stereocenters. The molecule has 0 amide bonds. The van der Waals surface area contributed by atoms with E-state index >= 15 is 0 Å². The van der Waals surface area contributed by atoms with Crippen LogP contribution in [0.3, 0.4) is 0 Å². The Hall–Kier alpha value is -2.55. The smallest absolute Gasteiger partial charge is 0.335 e. The fourth-order valence-electron chi connectivity index (χ4n) is 2.48. The van der Waals surface area contributed by atoms with Crippen molar-refractivity contribution in [2.75, 3.05) is 0 Å². The number of carboxylic acids is 1. The molecule has 0 aliphatic heterocycles. The first kappa shape index (κ1) is 17.3. The van der Waals surface area contributed by atoms with Gasteiger partial charge >= 0.3 is 5.97 Å². The number of halogens is 1. The van der Waals surface area contributed by atoms with Gasteiger partial charge in [0.25, 0.3) is 0 Å². The molecule has 0 fully saturated rings. The van der Waals surface area contributed by atoms with E-state index in [1.54, 1.807) is 12.1 Å². The first-order chi connectivity index (χ1) is 11.7. The van der Waals surface area contributed by atoms with E-state index in [-0.39, 0.29) is 22.4 Å². The number of rotatable bonds is 4. The summed E-state index contributed by atoms with van der Waals surface area (Å²) in [6.07, 6.45) is 2.96. The van der Waals surface area contributed by atoms with Gasteiger partial charge in [0.05, 0.1) is 16.1 Å². The lowest BCUT2D eigenvalue weighted by Crippen LogP contribution is -2.13. The SMILES string of the molecule is NS(=O)(=O)c1cc(Cc2cc(C(=O)O)ccn2)cc2cc(Cl)cnc12. The van der Waals surface area contributed by atoms with Crippen molar-refractivity contribution in [1.82, 2.24) is 9.97 Å². The average molecular weight is 378 g/mol. The molecule has 0 aliphatic rings. The fourth-order valence-corrected chi connectivity index (χ4v) is 3.41. The number of fused-ring (bicyclic) bond motifs is 1. The van der Waals surface area contributed by atoms with Crippen LogP contribution in [0.15, 0.2) is 47.6 Å². The highest BCUT2D eigenvalue weighted by Gasteiger charge is 2.16. The molecule has 3 rings (SSSR count). The van der Waals surface area contributed by atoms with Crippen LogP contribution in [0.5, 0.6) is 0 Å². The van der Waals surface area contributed by atoms with Crippen molar-refractivity contribution in [2.45, 2.75) is 11.3 Å². The summed E-state index contributed by atoms with van der Waals surface area (Å²) in [5.41, 5.74) is 1.40. The largest absolute Gasteiger partial charge is 0.478 e. The van der Waals surface area contributed by atoms with Crippen molar-refractivity contribution in [3.05, 3.63) is 64.6 Å². The molecule has 0 bridgehead atoms. The van der Waals surface area contributed by atoms with Crippen LogP contribution in [-0.4, -0.2) is 29.5 Å². The van der Waals surface area contributed by atoms with Crippen molar-refractivity contribution in [3.8, 4) is 0 Å². The van der Waals surface area contributed by atoms with Gasteiger partial charge in [0.2, 0.25) is 10.0 Å². The molecule has 0 aliphatic carbocycles. The summed E-state index contributed by atoms with van der Waals surface area (Å²) < 4.78 is 23.8. The first-order valence-electron chi connectivity index (χ1n) is 7.03. The highest BCUT2D eigenvalue weighted by atomic mass is 35.5. The molecule has 7 nitrogen and oxygen atoms in total. The Labute approximate surface area is 148 Å². The number of nitrogens with two attached hydrogens (primary N) is 1. The number of carbonyl (C=O) groups is 1. The van der Waals surface area contributed by atoms with Crippen molar-refractivity contribution in [3.63, 3.8) is 0 Å². The minimum atomic E-state index is -4.00. The summed E-state index contributed by atoms with van der Waals surface area (Å²) in [5.74, 6) is -1.07. The molecule has 3 N–H and O–H groups in total. The van der Waals surface area contributed by atoms with Crippen LogP contribution < -0.4 is 5.14 Å². The summed E-state index contributed by atoms with van der Waals surface area (Å²) in [5, 5.41) is 15.2. The Morgan fingerprint density at radius 1 is 1.20 bits per heavy atom. The molecule has 2 heterocycles. The Bertz CT molecular complexity index is 1100. The number of primary sulfonamides is 1. The molecule has 9 heteroatoms. The monoisotopic (exact) mass is 377 g/mol. The van der Waals surface area contributed by atoms with E-state index in [1.165, 1.54) is 30.6 Å². The van der Waals surface area contributed by atoms with Gasteiger partial charge < -0.3 is 5.11 Å². The molecule has 25 heavy (non-hydrogen) atoms. The maximum atomic E-state index is 11.9. The minimum Gasteiger partial charge on any atom is -0.478 e. The van der Waals surface area contributed by atoms with Gasteiger partial charge in [-0.05, 0) is 35.9 Å². The number of carboxylic acid groups (broad SMARTS) is 1. The van der Waals surface area contributed by atoms with Crippen molar-refractivity contribution in [1.29, 1.82) is 0 Å². The van der Waals surface area contributed by atoms with Crippen molar-refractivity contribution in [2.24, 2.45) is 5.14 Å². The van der Waals surface area contributed by atoms with Crippen LogP contribution in [0.1, 0.15) is 21.6 Å². The first-order valence-corrected chi connectivity index (χ1v) is 8.95. The van der Waals surface area contributed by atoms with E-state index in [9.17, 15) is 13.2 Å². The second kappa shape index (κ2) is 6.40. The van der Waals surface area contributed by atoms with Gasteiger partial charge in [-0.25, -0.2) is 18.4 Å². The van der Waals surface area contributed by atoms with Gasteiger partial charge in [-0.15, -0.1) is 0 Å². The van der Waals surface area contributed by atoms with E-state index in [0.29, 0.717) is 21.7 Å². The summed E-state index contributed by atoms with van der Waals surface area (Å²) in [4.78, 5) is 19.1. The van der Waals surface area contributed by atoms with Gasteiger partial charge in [0, 0.05) is 29.9 Å². The number of aromatic carboxylic acids is 1. The fraction of sp³-hybridized carbons (Fsp3) is 0.0625. The zero-order valence-corrected chi connectivity index (χ0v) is 14.3. The lowest BCUT2D eigenvalue weighted by Gasteiger charge is -2.09. The van der Waals surface area contributed by atoms with Crippen molar-refractivity contribution < 1.29 is 18.3 Å². The van der Waals surface area contributed by atoms with Gasteiger partial charge in [-0.1, -0.05) is 11.6 Å². The molecular formula is C16H12ClN3O4S. The molecule has 3 aromatic rings. The molecular weight excluding hydrogens is 366 g/mol. The summed E-state index contributed by atoms with van der Waals surface area (Å²) >= 11 is 5.93. The topological polar surface area (TPSA) is 123 Å². The molecule has 0 saturated carbocycles. The highest BCUT2D eigenvalue weighted by Crippen LogP contribution is 2.26. The number of hydrogen-bond acceptors (Lipinski definition) is 5. The molecule has 2 aromatic heterocycles. The van der Waals surface area contributed by atoms with Gasteiger partial charge in [0.1, 0.15) is 4.90 Å². The number of pyridine rings is 2. The minimum absolute atomic E-state index is 0.0992. The molecule has 0 atom stereocenters. The van der Waals surface area contributed by atoms with E-state index in [0.717, 1.165) is 0 Å². The van der Waals surface area contributed by atoms with Crippen molar-refractivity contribution >= 4 is 38.5 Å². The van der Waals surface area contributed by atoms with Gasteiger partial charge in [-0.2, -0.15) is 0 Å². The predicted octanol–water partition coefficient (Wildman–Crippen LogP) is 2.22. The molecule has 128 valence electrons. The maximum absolute atomic E-state index is 11.9. The van der Waals surface area contributed by atoms with Crippen LogP contribution in [-0.2, 0) is 16.4 Å². The number of aromatic nitrogens is 2. The van der Waals surface area contributed by atoms with E-state index in [2.05, 4.69) is 9.97 Å². The third-order valence-electron chi connectivity index (χ3n) is 3.53. The third-order valence-corrected chi connectivity index (χ3v) is 4.66. The number of sulfonamides is 1. The summed E-state index contributed by atoms with van der Waals surface area (Å²) in [6.45, 7) is 0. The molecule has 0 spiro atoms. The molecule has 0 saturated heterocycles. The maximum Gasteiger partial charge on any atom is 0.335 e. The third kappa shape index (κ3) is 3.76. The van der Waals surface area contributed by atoms with Crippen LogP contribution >= 0.6 is 11.6 Å².